The van der Waals surface area contributed by atoms with Crippen LogP contribution in [-0.4, -0.2) is 36.1 Å². The number of hydrogen-bond acceptors (Lipinski definition) is 3. The molecule has 2 rings (SSSR count). The zero-order chi connectivity index (χ0) is 13.9. The first kappa shape index (κ1) is 14.1. The van der Waals surface area contributed by atoms with Gasteiger partial charge < -0.3 is 15.7 Å². The maximum Gasteiger partial charge on any atom is 0.310 e. The molecule has 1 heterocycles. The number of amides is 1. The van der Waals surface area contributed by atoms with Crippen LogP contribution in [0.1, 0.15) is 32.6 Å². The van der Waals surface area contributed by atoms with Gasteiger partial charge in [0.15, 0.2) is 0 Å². The minimum Gasteiger partial charge on any atom is -0.481 e. The van der Waals surface area contributed by atoms with Gasteiger partial charge in [-0.2, -0.15) is 0 Å². The maximum absolute atomic E-state index is 12.5. The first-order valence-electron chi connectivity index (χ1n) is 7.00. The van der Waals surface area contributed by atoms with Gasteiger partial charge in [0, 0.05) is 12.6 Å². The molecule has 0 aromatic heterocycles. The standard InChI is InChI=1S/C14H22N2O3/c1-2-14(6-3-7-15-9-14)13(19)16-11-5-4-10(8-11)12(17)18/h4-5,10-11,15H,2-3,6-9H2,1H3,(H,16,19)(H,17,18). The van der Waals surface area contributed by atoms with Crippen LogP contribution in [0.15, 0.2) is 12.2 Å². The lowest BCUT2D eigenvalue weighted by atomic mass is 9.77. The van der Waals surface area contributed by atoms with Gasteiger partial charge in [0.25, 0.3) is 0 Å². The zero-order valence-corrected chi connectivity index (χ0v) is 11.3. The van der Waals surface area contributed by atoms with Crippen LogP contribution in [0.4, 0.5) is 0 Å². The van der Waals surface area contributed by atoms with Crippen molar-refractivity contribution in [1.82, 2.24) is 10.6 Å². The molecule has 0 spiro atoms. The summed E-state index contributed by atoms with van der Waals surface area (Å²) < 4.78 is 0. The highest BCUT2D eigenvalue weighted by molar-refractivity contribution is 5.84. The minimum atomic E-state index is -0.822. The van der Waals surface area contributed by atoms with Gasteiger partial charge in [-0.15, -0.1) is 0 Å². The largest absolute Gasteiger partial charge is 0.481 e. The van der Waals surface area contributed by atoms with Crippen molar-refractivity contribution in [1.29, 1.82) is 0 Å². The molecule has 1 aliphatic heterocycles. The Balaban J connectivity index is 1.94. The van der Waals surface area contributed by atoms with E-state index in [0.29, 0.717) is 13.0 Å². The van der Waals surface area contributed by atoms with E-state index in [0.717, 1.165) is 25.8 Å². The molecule has 1 amide bonds. The Morgan fingerprint density at radius 3 is 2.79 bits per heavy atom. The Labute approximate surface area is 113 Å². The van der Waals surface area contributed by atoms with E-state index in [2.05, 4.69) is 10.6 Å². The number of carbonyl (C=O) groups excluding carboxylic acids is 1. The average molecular weight is 266 g/mol. The third kappa shape index (κ3) is 2.97. The van der Waals surface area contributed by atoms with Gasteiger partial charge >= 0.3 is 5.97 Å². The number of carboxylic acid groups (broad SMARTS) is 1. The van der Waals surface area contributed by atoms with E-state index < -0.39 is 11.9 Å². The van der Waals surface area contributed by atoms with Gasteiger partial charge in [0.1, 0.15) is 0 Å². The highest BCUT2D eigenvalue weighted by Crippen LogP contribution is 2.31. The molecule has 3 unspecified atom stereocenters. The second-order valence-electron chi connectivity index (χ2n) is 5.56. The predicted molar refractivity (Wildman–Crippen MR) is 71.6 cm³/mol. The lowest BCUT2D eigenvalue weighted by molar-refractivity contribution is -0.140. The number of aliphatic carboxylic acids is 1. The van der Waals surface area contributed by atoms with Crippen LogP contribution >= 0.6 is 0 Å². The van der Waals surface area contributed by atoms with E-state index in [-0.39, 0.29) is 17.4 Å². The molecule has 0 saturated carbocycles. The SMILES string of the molecule is CCC1(C(=O)NC2C=CC(C(=O)O)C2)CCCNC1. The highest BCUT2D eigenvalue weighted by atomic mass is 16.4. The van der Waals surface area contributed by atoms with Gasteiger partial charge in [0.05, 0.1) is 11.3 Å². The van der Waals surface area contributed by atoms with Crippen LogP contribution in [0.25, 0.3) is 0 Å². The second-order valence-corrected chi connectivity index (χ2v) is 5.56. The molecule has 0 bridgehead atoms. The molecule has 1 saturated heterocycles. The fraction of sp³-hybridized carbons (Fsp3) is 0.714. The summed E-state index contributed by atoms with van der Waals surface area (Å²) in [6, 6.07) is -0.140. The van der Waals surface area contributed by atoms with Crippen LogP contribution in [0.3, 0.4) is 0 Å². The topological polar surface area (TPSA) is 78.4 Å². The molecular formula is C14H22N2O3. The lowest BCUT2D eigenvalue weighted by Gasteiger charge is -2.36. The molecule has 5 heteroatoms. The fourth-order valence-corrected chi connectivity index (χ4v) is 2.93. The van der Waals surface area contributed by atoms with E-state index in [1.165, 1.54) is 0 Å². The summed E-state index contributed by atoms with van der Waals surface area (Å²) in [5.41, 5.74) is -0.326. The molecule has 0 aromatic rings. The summed E-state index contributed by atoms with van der Waals surface area (Å²) in [5.74, 6) is -1.23. The smallest absolute Gasteiger partial charge is 0.310 e. The molecule has 2 aliphatic rings. The van der Waals surface area contributed by atoms with Gasteiger partial charge in [-0.3, -0.25) is 9.59 Å². The van der Waals surface area contributed by atoms with Crippen molar-refractivity contribution in [2.45, 2.75) is 38.6 Å². The van der Waals surface area contributed by atoms with Crippen LogP contribution in [0, 0.1) is 11.3 Å². The molecule has 3 N–H and O–H groups in total. The van der Waals surface area contributed by atoms with Crippen LogP contribution in [0.2, 0.25) is 0 Å². The molecule has 0 radical (unpaired) electrons. The zero-order valence-electron chi connectivity index (χ0n) is 11.3. The van der Waals surface area contributed by atoms with E-state index in [4.69, 9.17) is 5.11 Å². The molecule has 19 heavy (non-hydrogen) atoms. The summed E-state index contributed by atoms with van der Waals surface area (Å²) in [5, 5.41) is 15.2. The van der Waals surface area contributed by atoms with E-state index in [9.17, 15) is 9.59 Å². The third-order valence-corrected chi connectivity index (χ3v) is 4.35. The Morgan fingerprint density at radius 1 is 1.47 bits per heavy atom. The number of carboxylic acids is 1. The van der Waals surface area contributed by atoms with E-state index in [1.807, 2.05) is 6.92 Å². The third-order valence-electron chi connectivity index (χ3n) is 4.35. The molecule has 106 valence electrons. The molecule has 5 nitrogen and oxygen atoms in total. The van der Waals surface area contributed by atoms with Gasteiger partial charge in [0.2, 0.25) is 5.91 Å². The summed E-state index contributed by atoms with van der Waals surface area (Å²) in [7, 11) is 0. The van der Waals surface area contributed by atoms with Crippen LogP contribution in [-0.2, 0) is 9.59 Å². The predicted octanol–water partition coefficient (Wildman–Crippen LogP) is 0.912. The van der Waals surface area contributed by atoms with E-state index >= 15 is 0 Å². The summed E-state index contributed by atoms with van der Waals surface area (Å²) in [6.07, 6.45) is 6.67. The van der Waals surface area contributed by atoms with E-state index in [1.54, 1.807) is 12.2 Å². The van der Waals surface area contributed by atoms with Crippen molar-refractivity contribution >= 4 is 11.9 Å². The average Bonchev–Trinajstić information content (AvgIpc) is 2.88. The number of piperidine rings is 1. The number of rotatable bonds is 4. The number of nitrogens with one attached hydrogen (secondary N) is 2. The highest BCUT2D eigenvalue weighted by Gasteiger charge is 2.39. The van der Waals surface area contributed by atoms with Crippen molar-refractivity contribution in [3.63, 3.8) is 0 Å². The monoisotopic (exact) mass is 266 g/mol. The van der Waals surface area contributed by atoms with Crippen LogP contribution in [0.5, 0.6) is 0 Å². The Morgan fingerprint density at radius 2 is 2.26 bits per heavy atom. The van der Waals surface area contributed by atoms with Gasteiger partial charge in [-0.25, -0.2) is 0 Å². The molecular weight excluding hydrogens is 244 g/mol. The molecule has 1 fully saturated rings. The quantitative estimate of drug-likeness (QED) is 0.661. The summed E-state index contributed by atoms with van der Waals surface area (Å²) in [4.78, 5) is 23.3. The Bertz CT molecular complexity index is 386. The van der Waals surface area contributed by atoms with Gasteiger partial charge in [-0.05, 0) is 32.2 Å². The number of hydrogen-bond donors (Lipinski definition) is 3. The second kappa shape index (κ2) is 5.74. The summed E-state index contributed by atoms with van der Waals surface area (Å²) in [6.45, 7) is 3.73. The summed E-state index contributed by atoms with van der Waals surface area (Å²) >= 11 is 0. The van der Waals surface area contributed by atoms with Crippen molar-refractivity contribution in [2.24, 2.45) is 11.3 Å². The number of carbonyl (C=O) groups is 2. The fourth-order valence-electron chi connectivity index (χ4n) is 2.93. The minimum absolute atomic E-state index is 0.0582. The first-order valence-corrected chi connectivity index (χ1v) is 7.00. The molecule has 1 aliphatic carbocycles. The van der Waals surface area contributed by atoms with Crippen molar-refractivity contribution in [3.8, 4) is 0 Å². The molecule has 3 atom stereocenters. The normalized spacial score (nSPS) is 34.2. The Hall–Kier alpha value is -1.36. The Kier molecular flexibility index (Phi) is 4.24. The lowest BCUT2D eigenvalue weighted by Crippen LogP contribution is -2.52. The van der Waals surface area contributed by atoms with Crippen molar-refractivity contribution in [3.05, 3.63) is 12.2 Å². The first-order chi connectivity index (χ1) is 9.07. The molecule has 0 aromatic carbocycles. The van der Waals surface area contributed by atoms with Crippen molar-refractivity contribution in [2.75, 3.05) is 13.1 Å². The maximum atomic E-state index is 12.5. The van der Waals surface area contributed by atoms with Crippen LogP contribution < -0.4 is 10.6 Å². The van der Waals surface area contributed by atoms with Crippen molar-refractivity contribution < 1.29 is 14.7 Å². The van der Waals surface area contributed by atoms with Gasteiger partial charge in [-0.1, -0.05) is 19.1 Å².